The van der Waals surface area contributed by atoms with Gasteiger partial charge in [-0.15, -0.1) is 0 Å². The number of benzene rings is 1. The van der Waals surface area contributed by atoms with Crippen LogP contribution in [0.3, 0.4) is 0 Å². The molecule has 2 unspecified atom stereocenters. The van der Waals surface area contributed by atoms with Crippen molar-refractivity contribution < 1.29 is 9.18 Å². The molecule has 0 N–H and O–H groups in total. The van der Waals surface area contributed by atoms with Crippen LogP contribution < -0.4 is 0 Å². The van der Waals surface area contributed by atoms with Crippen molar-refractivity contribution in [1.82, 2.24) is 0 Å². The van der Waals surface area contributed by atoms with Crippen LogP contribution in [0, 0.1) is 11.7 Å². The highest BCUT2D eigenvalue weighted by Gasteiger charge is 2.44. The highest BCUT2D eigenvalue weighted by atomic mass is 19.1. The van der Waals surface area contributed by atoms with E-state index in [1.165, 1.54) is 18.1 Å². The number of ketones is 1. The van der Waals surface area contributed by atoms with Gasteiger partial charge in [-0.1, -0.05) is 25.3 Å². The summed E-state index contributed by atoms with van der Waals surface area (Å²) in [5.41, 5.74) is 1.69. The third-order valence-corrected chi connectivity index (χ3v) is 4.78. The van der Waals surface area contributed by atoms with Crippen LogP contribution in [0.25, 0.3) is 0 Å². The number of Topliss-reactive ketones (excluding diaryl/α,β-unsaturated/α-hetero) is 1. The van der Waals surface area contributed by atoms with Crippen molar-refractivity contribution in [1.29, 1.82) is 0 Å². The van der Waals surface area contributed by atoms with E-state index in [0.717, 1.165) is 37.7 Å². The maximum Gasteiger partial charge on any atom is 0.146 e. The van der Waals surface area contributed by atoms with E-state index in [1.54, 1.807) is 6.07 Å². The average molecular weight is 246 g/mol. The number of carbonyl (C=O) groups excluding carboxylic acids is 1. The number of rotatable bonds is 0. The topological polar surface area (TPSA) is 17.1 Å². The molecule has 3 rings (SSSR count). The summed E-state index contributed by atoms with van der Waals surface area (Å²) in [6.45, 7) is 2.02. The summed E-state index contributed by atoms with van der Waals surface area (Å²) in [7, 11) is 0. The molecule has 2 bridgehead atoms. The second-order valence-corrected chi connectivity index (χ2v) is 6.00. The number of carbonyl (C=O) groups is 1. The number of fused-ring (bicyclic) bond motifs is 4. The molecule has 0 amide bonds. The minimum absolute atomic E-state index is 0.160. The Labute approximate surface area is 107 Å². The van der Waals surface area contributed by atoms with Crippen molar-refractivity contribution >= 4 is 5.78 Å². The predicted octanol–water partition coefficient (Wildman–Crippen LogP) is 3.79. The van der Waals surface area contributed by atoms with Gasteiger partial charge in [-0.25, -0.2) is 4.39 Å². The van der Waals surface area contributed by atoms with Crippen LogP contribution in [0.1, 0.15) is 50.2 Å². The first-order valence-electron chi connectivity index (χ1n) is 6.94. The molecule has 2 atom stereocenters. The largest absolute Gasteiger partial charge is 0.298 e. The quantitative estimate of drug-likeness (QED) is 0.680. The molecule has 0 saturated heterocycles. The summed E-state index contributed by atoms with van der Waals surface area (Å²) in [5.74, 6) is 0.289. The zero-order valence-corrected chi connectivity index (χ0v) is 10.8. The van der Waals surface area contributed by atoms with E-state index in [1.807, 2.05) is 13.0 Å². The Morgan fingerprint density at radius 3 is 2.94 bits per heavy atom. The normalized spacial score (nSPS) is 31.4. The molecule has 0 aromatic heterocycles. The van der Waals surface area contributed by atoms with E-state index in [2.05, 4.69) is 0 Å². The van der Waals surface area contributed by atoms with Gasteiger partial charge in [0, 0.05) is 5.92 Å². The Balaban J connectivity index is 2.15. The fourth-order valence-electron chi connectivity index (χ4n) is 3.72. The van der Waals surface area contributed by atoms with Crippen molar-refractivity contribution in [3.8, 4) is 0 Å². The average Bonchev–Trinajstić information content (AvgIpc) is 2.35. The van der Waals surface area contributed by atoms with Crippen molar-refractivity contribution in [2.45, 2.75) is 50.9 Å². The van der Waals surface area contributed by atoms with E-state index >= 15 is 0 Å². The monoisotopic (exact) mass is 246 g/mol. The first-order chi connectivity index (χ1) is 8.61. The highest BCUT2D eigenvalue weighted by Crippen LogP contribution is 2.43. The second kappa shape index (κ2) is 4.18. The molecule has 0 radical (unpaired) electrons. The van der Waals surface area contributed by atoms with Gasteiger partial charge in [0.1, 0.15) is 11.6 Å². The van der Waals surface area contributed by atoms with Gasteiger partial charge in [0.2, 0.25) is 0 Å². The fraction of sp³-hybridized carbons (Fsp3) is 0.562. The lowest BCUT2D eigenvalue weighted by molar-refractivity contribution is -0.129. The van der Waals surface area contributed by atoms with Crippen LogP contribution in [0.15, 0.2) is 18.2 Å². The van der Waals surface area contributed by atoms with Crippen LogP contribution in [-0.4, -0.2) is 5.78 Å². The Bertz CT molecular complexity index is 494. The van der Waals surface area contributed by atoms with Gasteiger partial charge in [0.15, 0.2) is 0 Å². The Hall–Kier alpha value is -1.18. The van der Waals surface area contributed by atoms with Gasteiger partial charge >= 0.3 is 0 Å². The smallest absolute Gasteiger partial charge is 0.146 e. The first-order valence-corrected chi connectivity index (χ1v) is 6.94. The Kier molecular flexibility index (Phi) is 2.76. The molecular weight excluding hydrogens is 227 g/mol. The maximum absolute atomic E-state index is 13.5. The molecule has 1 aromatic rings. The molecule has 2 aliphatic carbocycles. The van der Waals surface area contributed by atoms with E-state index in [4.69, 9.17) is 0 Å². The highest BCUT2D eigenvalue weighted by molar-refractivity contribution is 5.94. The molecule has 0 spiro atoms. The standard InChI is InChI=1S/C16H19FO/c1-16-8-4-2-3-5-12(15(16)18)9-11-6-7-13(17)10-14(11)16/h6-7,10,12H,2-5,8-9H2,1H3. The minimum atomic E-state index is -0.444. The van der Waals surface area contributed by atoms with Crippen molar-refractivity contribution in [2.75, 3.05) is 0 Å². The van der Waals surface area contributed by atoms with Crippen molar-refractivity contribution in [2.24, 2.45) is 5.92 Å². The summed E-state index contributed by atoms with van der Waals surface area (Å²) in [6.07, 6.45) is 6.12. The number of hydrogen-bond acceptors (Lipinski definition) is 1. The van der Waals surface area contributed by atoms with Gasteiger partial charge in [-0.3, -0.25) is 4.79 Å². The van der Waals surface area contributed by atoms with Crippen molar-refractivity contribution in [3.63, 3.8) is 0 Å². The summed E-state index contributed by atoms with van der Waals surface area (Å²) < 4.78 is 13.5. The van der Waals surface area contributed by atoms with Crippen LogP contribution in [-0.2, 0) is 16.6 Å². The van der Waals surface area contributed by atoms with Gasteiger partial charge < -0.3 is 0 Å². The lowest BCUT2D eigenvalue weighted by Crippen LogP contribution is -2.44. The van der Waals surface area contributed by atoms with Crippen LogP contribution in [0.2, 0.25) is 0 Å². The molecule has 96 valence electrons. The lowest BCUT2D eigenvalue weighted by Gasteiger charge is -2.40. The van der Waals surface area contributed by atoms with E-state index in [9.17, 15) is 9.18 Å². The van der Waals surface area contributed by atoms with E-state index in [-0.39, 0.29) is 11.7 Å². The van der Waals surface area contributed by atoms with Gasteiger partial charge in [-0.2, -0.15) is 0 Å². The Morgan fingerprint density at radius 2 is 2.11 bits per heavy atom. The molecule has 2 heteroatoms. The minimum Gasteiger partial charge on any atom is -0.298 e. The maximum atomic E-state index is 13.5. The predicted molar refractivity (Wildman–Crippen MR) is 69.0 cm³/mol. The van der Waals surface area contributed by atoms with E-state index < -0.39 is 5.41 Å². The lowest BCUT2D eigenvalue weighted by atomic mass is 9.62. The SMILES string of the molecule is CC12CCCCCC(Cc3ccc(F)cc31)C2=O. The summed E-state index contributed by atoms with van der Waals surface area (Å²) >= 11 is 0. The first kappa shape index (κ1) is 11.9. The fourth-order valence-corrected chi connectivity index (χ4v) is 3.72. The molecule has 18 heavy (non-hydrogen) atoms. The molecule has 1 aromatic carbocycles. The third-order valence-electron chi connectivity index (χ3n) is 4.78. The van der Waals surface area contributed by atoms with E-state index in [0.29, 0.717) is 5.78 Å². The van der Waals surface area contributed by atoms with Gasteiger partial charge in [0.25, 0.3) is 0 Å². The molecular formula is C16H19FO. The molecule has 2 aliphatic rings. The zero-order valence-electron chi connectivity index (χ0n) is 10.8. The Morgan fingerprint density at radius 1 is 1.28 bits per heavy atom. The summed E-state index contributed by atoms with van der Waals surface area (Å²) in [6, 6.07) is 4.99. The van der Waals surface area contributed by atoms with Crippen molar-refractivity contribution in [3.05, 3.63) is 35.1 Å². The van der Waals surface area contributed by atoms with Gasteiger partial charge in [0.05, 0.1) is 5.41 Å². The number of halogens is 1. The molecule has 0 heterocycles. The van der Waals surface area contributed by atoms with Crippen LogP contribution in [0.5, 0.6) is 0 Å². The van der Waals surface area contributed by atoms with Crippen LogP contribution >= 0.6 is 0 Å². The second-order valence-electron chi connectivity index (χ2n) is 6.00. The summed E-state index contributed by atoms with van der Waals surface area (Å²) in [4.78, 5) is 12.7. The molecule has 1 saturated carbocycles. The third kappa shape index (κ3) is 1.70. The molecule has 0 aliphatic heterocycles. The summed E-state index contributed by atoms with van der Waals surface area (Å²) in [5, 5.41) is 0. The molecule has 1 nitrogen and oxygen atoms in total. The number of hydrogen-bond donors (Lipinski definition) is 0. The van der Waals surface area contributed by atoms with Crippen LogP contribution in [0.4, 0.5) is 4.39 Å². The van der Waals surface area contributed by atoms with Gasteiger partial charge in [-0.05, 0) is 49.4 Å². The molecule has 1 fully saturated rings. The zero-order chi connectivity index (χ0) is 12.8.